The smallest absolute Gasteiger partial charge is 0.231 e. The highest BCUT2D eigenvalue weighted by atomic mass is 35.5. The molecule has 1 heterocycles. The fourth-order valence-corrected chi connectivity index (χ4v) is 3.69. The van der Waals surface area contributed by atoms with E-state index in [0.29, 0.717) is 36.3 Å². The number of hydrogen-bond donors (Lipinski definition) is 0. The Morgan fingerprint density at radius 2 is 2.17 bits per heavy atom. The minimum absolute atomic E-state index is 0.165. The number of hydrogen-bond acceptors (Lipinski definition) is 3. The largest absolute Gasteiger partial charge is 0.384 e. The molecule has 1 atom stereocenters. The predicted molar refractivity (Wildman–Crippen MR) is 89.9 cm³/mol. The highest BCUT2D eigenvalue weighted by Gasteiger charge is 2.47. The highest BCUT2D eigenvalue weighted by Crippen LogP contribution is 2.43. The Balaban J connectivity index is 1.72. The molecule has 1 amide bonds. The number of nitrogens with zero attached hydrogens (tertiary/aromatic N) is 1. The second-order valence-corrected chi connectivity index (χ2v) is 7.17. The quantitative estimate of drug-likeness (QED) is 0.824. The predicted octanol–water partition coefficient (Wildman–Crippen LogP) is 3.71. The molecular formula is C17H21Cl2NO3. The van der Waals surface area contributed by atoms with Crippen LogP contribution in [-0.4, -0.2) is 44.2 Å². The van der Waals surface area contributed by atoms with Crippen molar-refractivity contribution in [2.24, 2.45) is 5.41 Å². The molecule has 0 radical (unpaired) electrons. The van der Waals surface area contributed by atoms with Gasteiger partial charge in [0.05, 0.1) is 35.2 Å². The van der Waals surface area contributed by atoms with Crippen LogP contribution in [0.1, 0.15) is 30.9 Å². The zero-order valence-corrected chi connectivity index (χ0v) is 14.7. The Bertz CT molecular complexity index is 589. The van der Waals surface area contributed by atoms with E-state index in [1.54, 1.807) is 13.2 Å². The average Bonchev–Trinajstić information content (AvgIpc) is 2.53. The van der Waals surface area contributed by atoms with Crippen LogP contribution in [0.2, 0.25) is 10.0 Å². The number of halogens is 2. The first-order valence-corrected chi connectivity index (χ1v) is 8.66. The molecule has 1 aliphatic carbocycles. The van der Waals surface area contributed by atoms with E-state index in [2.05, 4.69) is 0 Å². The van der Waals surface area contributed by atoms with Gasteiger partial charge in [0.25, 0.3) is 0 Å². The van der Waals surface area contributed by atoms with Crippen molar-refractivity contribution >= 4 is 29.1 Å². The standard InChI is InChI=1S/C17H21Cl2NO3/c1-22-11-17(5-2-6-17)16(21)20-7-8-23-15(10-20)12-3-4-13(18)14(19)9-12/h3-4,9,15H,2,5-8,10-11H2,1H3/t15-/m1/s1. The van der Waals surface area contributed by atoms with Gasteiger partial charge in [-0.25, -0.2) is 0 Å². The number of morpholine rings is 1. The summed E-state index contributed by atoms with van der Waals surface area (Å²) in [5.41, 5.74) is 0.625. The summed E-state index contributed by atoms with van der Waals surface area (Å²) in [5.74, 6) is 0.193. The molecular weight excluding hydrogens is 337 g/mol. The van der Waals surface area contributed by atoms with E-state index in [4.69, 9.17) is 32.7 Å². The lowest BCUT2D eigenvalue weighted by Gasteiger charge is -2.45. The monoisotopic (exact) mass is 357 g/mol. The summed E-state index contributed by atoms with van der Waals surface area (Å²) < 4.78 is 11.1. The number of ether oxygens (including phenoxy) is 2. The number of methoxy groups -OCH3 is 1. The lowest BCUT2D eigenvalue weighted by atomic mass is 9.68. The van der Waals surface area contributed by atoms with Crippen molar-refractivity contribution in [3.63, 3.8) is 0 Å². The molecule has 0 N–H and O–H groups in total. The zero-order valence-electron chi connectivity index (χ0n) is 13.2. The maximum atomic E-state index is 12.9. The average molecular weight is 358 g/mol. The molecule has 23 heavy (non-hydrogen) atoms. The Labute approximate surface area is 146 Å². The molecule has 0 aromatic heterocycles. The van der Waals surface area contributed by atoms with E-state index in [1.165, 1.54) is 0 Å². The summed E-state index contributed by atoms with van der Waals surface area (Å²) in [6.07, 6.45) is 2.75. The summed E-state index contributed by atoms with van der Waals surface area (Å²) >= 11 is 12.1. The Kier molecular flexibility index (Phi) is 5.16. The van der Waals surface area contributed by atoms with Crippen LogP contribution in [0.4, 0.5) is 0 Å². The summed E-state index contributed by atoms with van der Waals surface area (Å²) in [7, 11) is 1.66. The molecule has 2 aliphatic rings. The van der Waals surface area contributed by atoms with Crippen LogP contribution in [0, 0.1) is 5.41 Å². The Hall–Kier alpha value is -0.810. The molecule has 1 saturated heterocycles. The van der Waals surface area contributed by atoms with Gasteiger partial charge in [0.2, 0.25) is 5.91 Å². The topological polar surface area (TPSA) is 38.8 Å². The van der Waals surface area contributed by atoms with E-state index >= 15 is 0 Å². The van der Waals surface area contributed by atoms with Gasteiger partial charge in [-0.15, -0.1) is 0 Å². The zero-order chi connectivity index (χ0) is 16.4. The first kappa shape index (κ1) is 17.0. The highest BCUT2D eigenvalue weighted by molar-refractivity contribution is 6.42. The molecule has 3 rings (SSSR count). The minimum atomic E-state index is -0.325. The van der Waals surface area contributed by atoms with Crippen molar-refractivity contribution in [2.75, 3.05) is 33.4 Å². The molecule has 2 fully saturated rings. The van der Waals surface area contributed by atoms with Gasteiger partial charge in [-0.2, -0.15) is 0 Å². The van der Waals surface area contributed by atoms with E-state index in [-0.39, 0.29) is 17.4 Å². The van der Waals surface area contributed by atoms with Crippen molar-refractivity contribution in [3.8, 4) is 0 Å². The summed E-state index contributed by atoms with van der Waals surface area (Å²) in [6.45, 7) is 2.20. The van der Waals surface area contributed by atoms with Crippen LogP contribution in [-0.2, 0) is 14.3 Å². The third-order valence-electron chi connectivity index (χ3n) is 4.85. The Morgan fingerprint density at radius 1 is 1.39 bits per heavy atom. The van der Waals surface area contributed by atoms with Crippen LogP contribution in [0.5, 0.6) is 0 Å². The minimum Gasteiger partial charge on any atom is -0.384 e. The number of amides is 1. The third-order valence-corrected chi connectivity index (χ3v) is 5.59. The number of carbonyl (C=O) groups is 1. The maximum Gasteiger partial charge on any atom is 0.231 e. The van der Waals surface area contributed by atoms with Gasteiger partial charge in [0.1, 0.15) is 6.10 Å². The molecule has 1 saturated carbocycles. The number of rotatable bonds is 4. The number of benzene rings is 1. The summed E-state index contributed by atoms with van der Waals surface area (Å²) in [6, 6.07) is 5.49. The van der Waals surface area contributed by atoms with E-state index in [1.807, 2.05) is 17.0 Å². The molecule has 1 aromatic rings. The van der Waals surface area contributed by atoms with E-state index < -0.39 is 0 Å². The lowest BCUT2D eigenvalue weighted by Crippen LogP contribution is -2.53. The van der Waals surface area contributed by atoms with Crippen LogP contribution in [0.25, 0.3) is 0 Å². The molecule has 0 bridgehead atoms. The maximum absolute atomic E-state index is 12.9. The first-order valence-electron chi connectivity index (χ1n) is 7.91. The van der Waals surface area contributed by atoms with Crippen molar-refractivity contribution < 1.29 is 14.3 Å². The molecule has 126 valence electrons. The van der Waals surface area contributed by atoms with Crippen molar-refractivity contribution in [1.29, 1.82) is 0 Å². The SMILES string of the molecule is COCC1(C(=O)N2CCO[C@@H](c3ccc(Cl)c(Cl)c3)C2)CCC1. The number of carbonyl (C=O) groups excluding carboxylic acids is 1. The van der Waals surface area contributed by atoms with Crippen molar-refractivity contribution in [3.05, 3.63) is 33.8 Å². The Morgan fingerprint density at radius 3 is 2.78 bits per heavy atom. The first-order chi connectivity index (χ1) is 11.1. The summed E-state index contributed by atoms with van der Waals surface area (Å²) in [5, 5.41) is 1.03. The second kappa shape index (κ2) is 6.98. The van der Waals surface area contributed by atoms with Crippen molar-refractivity contribution in [2.45, 2.75) is 25.4 Å². The molecule has 0 unspecified atom stereocenters. The molecule has 0 spiro atoms. The molecule has 1 aliphatic heterocycles. The van der Waals surface area contributed by atoms with Gasteiger partial charge in [-0.05, 0) is 30.5 Å². The van der Waals surface area contributed by atoms with Gasteiger partial charge >= 0.3 is 0 Å². The van der Waals surface area contributed by atoms with Gasteiger partial charge in [-0.1, -0.05) is 35.7 Å². The lowest BCUT2D eigenvalue weighted by molar-refractivity contribution is -0.159. The van der Waals surface area contributed by atoms with Gasteiger partial charge in [0, 0.05) is 13.7 Å². The van der Waals surface area contributed by atoms with E-state index in [9.17, 15) is 4.79 Å². The van der Waals surface area contributed by atoms with Gasteiger partial charge < -0.3 is 14.4 Å². The van der Waals surface area contributed by atoms with Crippen LogP contribution >= 0.6 is 23.2 Å². The normalized spacial score (nSPS) is 23.4. The van der Waals surface area contributed by atoms with Crippen LogP contribution in [0.3, 0.4) is 0 Å². The fourth-order valence-electron chi connectivity index (χ4n) is 3.38. The van der Waals surface area contributed by atoms with Gasteiger partial charge in [-0.3, -0.25) is 4.79 Å². The summed E-state index contributed by atoms with van der Waals surface area (Å²) in [4.78, 5) is 14.8. The van der Waals surface area contributed by atoms with Crippen molar-refractivity contribution in [1.82, 2.24) is 4.90 Å². The molecule has 6 heteroatoms. The molecule has 4 nitrogen and oxygen atoms in total. The van der Waals surface area contributed by atoms with E-state index in [0.717, 1.165) is 24.8 Å². The van der Waals surface area contributed by atoms with Gasteiger partial charge in [0.15, 0.2) is 0 Å². The van der Waals surface area contributed by atoms with Crippen LogP contribution < -0.4 is 0 Å². The van der Waals surface area contributed by atoms with Crippen LogP contribution in [0.15, 0.2) is 18.2 Å². The second-order valence-electron chi connectivity index (χ2n) is 6.35. The third kappa shape index (κ3) is 3.36. The fraction of sp³-hybridized carbons (Fsp3) is 0.588. The molecule has 1 aromatic carbocycles.